The van der Waals surface area contributed by atoms with E-state index in [4.69, 9.17) is 0 Å². The van der Waals surface area contributed by atoms with Gasteiger partial charge in [-0.15, -0.1) is 0 Å². The number of hydrogen-bond donors (Lipinski definition) is 3. The van der Waals surface area contributed by atoms with Crippen LogP contribution in [0.4, 0.5) is 0 Å². The van der Waals surface area contributed by atoms with Crippen molar-refractivity contribution in [1.29, 1.82) is 0 Å². The van der Waals surface area contributed by atoms with Gasteiger partial charge in [0.2, 0.25) is 0 Å². The lowest BCUT2D eigenvalue weighted by Gasteiger charge is -2.61. The zero-order chi connectivity index (χ0) is 26.1. The maximum absolute atomic E-state index is 12.6. The van der Waals surface area contributed by atoms with Crippen LogP contribution in [0.2, 0.25) is 0 Å². The van der Waals surface area contributed by atoms with Crippen molar-refractivity contribution in [2.24, 2.45) is 45.3 Å². The summed E-state index contributed by atoms with van der Waals surface area (Å²) in [5.74, 6) is -0.966. The SMILES string of the molecule is C=C(CC[C@@H](C(=O)O)[C@H]1[C@H](O)C[C@@]2(C)C3=CCC4C(C)(C)[C@@H](O)CC[C@]4(C)C3=CC[C@]12C)C(C)C. The van der Waals surface area contributed by atoms with E-state index in [1.54, 1.807) is 0 Å². The monoisotopic (exact) mass is 484 g/mol. The number of carboxylic acids is 1. The topological polar surface area (TPSA) is 77.8 Å². The van der Waals surface area contributed by atoms with Crippen LogP contribution in [0.1, 0.15) is 93.4 Å². The summed E-state index contributed by atoms with van der Waals surface area (Å²) in [5, 5.41) is 32.6. The van der Waals surface area contributed by atoms with E-state index in [1.807, 2.05) is 0 Å². The Morgan fingerprint density at radius 2 is 1.77 bits per heavy atom. The molecule has 0 aromatic carbocycles. The fourth-order valence-electron chi connectivity index (χ4n) is 8.90. The number of carboxylic acid groups (broad SMARTS) is 1. The first kappa shape index (κ1) is 26.7. The van der Waals surface area contributed by atoms with Gasteiger partial charge in [-0.1, -0.05) is 72.8 Å². The fraction of sp³-hybridized carbons (Fsp3) is 0.774. The Kier molecular flexibility index (Phi) is 6.54. The number of rotatable bonds is 6. The second kappa shape index (κ2) is 8.58. The summed E-state index contributed by atoms with van der Waals surface area (Å²) in [6, 6.07) is 0. The first-order valence-electron chi connectivity index (χ1n) is 13.8. The quantitative estimate of drug-likeness (QED) is 0.374. The maximum Gasteiger partial charge on any atom is 0.306 e. The van der Waals surface area contributed by atoms with Gasteiger partial charge in [-0.25, -0.2) is 0 Å². The van der Waals surface area contributed by atoms with Crippen LogP contribution in [0.15, 0.2) is 35.5 Å². The summed E-state index contributed by atoms with van der Waals surface area (Å²) in [6.45, 7) is 19.7. The van der Waals surface area contributed by atoms with Crippen molar-refractivity contribution in [1.82, 2.24) is 0 Å². The van der Waals surface area contributed by atoms with Gasteiger partial charge < -0.3 is 15.3 Å². The molecule has 4 aliphatic carbocycles. The van der Waals surface area contributed by atoms with E-state index >= 15 is 0 Å². The Hall–Kier alpha value is -1.39. The highest BCUT2D eigenvalue weighted by atomic mass is 16.4. The third kappa shape index (κ3) is 3.72. The van der Waals surface area contributed by atoms with Gasteiger partial charge in [0.25, 0.3) is 0 Å². The molecule has 4 aliphatic rings. The van der Waals surface area contributed by atoms with Crippen LogP contribution >= 0.6 is 0 Å². The molecule has 4 nitrogen and oxygen atoms in total. The summed E-state index contributed by atoms with van der Waals surface area (Å²) >= 11 is 0. The highest BCUT2D eigenvalue weighted by Crippen LogP contribution is 2.71. The van der Waals surface area contributed by atoms with Gasteiger partial charge in [0.1, 0.15) is 0 Å². The maximum atomic E-state index is 12.6. The van der Waals surface area contributed by atoms with E-state index in [0.717, 1.165) is 31.3 Å². The number of aliphatic hydroxyl groups excluding tert-OH is 2. The molecule has 35 heavy (non-hydrogen) atoms. The number of aliphatic hydroxyl groups is 2. The minimum atomic E-state index is -0.793. The lowest BCUT2D eigenvalue weighted by molar-refractivity contribution is -0.148. The molecular formula is C31H48O4. The van der Waals surface area contributed by atoms with Crippen LogP contribution in [0.25, 0.3) is 0 Å². The molecule has 1 unspecified atom stereocenters. The van der Waals surface area contributed by atoms with E-state index in [0.29, 0.717) is 31.1 Å². The molecule has 0 aromatic rings. The van der Waals surface area contributed by atoms with E-state index in [1.165, 1.54) is 11.1 Å². The van der Waals surface area contributed by atoms with Crippen molar-refractivity contribution in [3.63, 3.8) is 0 Å². The zero-order valence-electron chi connectivity index (χ0n) is 23.0. The summed E-state index contributed by atoms with van der Waals surface area (Å²) in [7, 11) is 0. The number of hydrogen-bond acceptors (Lipinski definition) is 3. The van der Waals surface area contributed by atoms with Gasteiger partial charge >= 0.3 is 5.97 Å². The van der Waals surface area contributed by atoms with Crippen LogP contribution in [-0.4, -0.2) is 33.5 Å². The van der Waals surface area contributed by atoms with Gasteiger partial charge in [-0.05, 0) is 84.2 Å². The largest absolute Gasteiger partial charge is 0.481 e. The van der Waals surface area contributed by atoms with Crippen LogP contribution in [0.5, 0.6) is 0 Å². The summed E-state index contributed by atoms with van der Waals surface area (Å²) in [4.78, 5) is 12.6. The Labute approximate surface area is 212 Å². The van der Waals surface area contributed by atoms with Crippen LogP contribution < -0.4 is 0 Å². The van der Waals surface area contributed by atoms with Crippen LogP contribution in [0.3, 0.4) is 0 Å². The van der Waals surface area contributed by atoms with Crippen molar-refractivity contribution >= 4 is 5.97 Å². The fourth-order valence-corrected chi connectivity index (χ4v) is 8.90. The minimum absolute atomic E-state index is 0.00139. The van der Waals surface area contributed by atoms with Crippen LogP contribution in [0, 0.1) is 45.3 Å². The molecule has 3 N–H and O–H groups in total. The first-order valence-corrected chi connectivity index (χ1v) is 13.8. The Balaban J connectivity index is 1.72. The van der Waals surface area contributed by atoms with Crippen molar-refractivity contribution in [3.8, 4) is 0 Å². The summed E-state index contributed by atoms with van der Waals surface area (Å²) in [5.41, 5.74) is 3.09. The van der Waals surface area contributed by atoms with Crippen molar-refractivity contribution in [3.05, 3.63) is 35.5 Å². The minimum Gasteiger partial charge on any atom is -0.481 e. The summed E-state index contributed by atoms with van der Waals surface area (Å²) in [6.07, 6.45) is 9.19. The molecule has 0 spiro atoms. The zero-order valence-corrected chi connectivity index (χ0v) is 23.0. The molecule has 0 radical (unpaired) electrons. The number of fused-ring (bicyclic) bond motifs is 5. The molecule has 0 heterocycles. The van der Waals surface area contributed by atoms with E-state index in [9.17, 15) is 20.1 Å². The van der Waals surface area contributed by atoms with E-state index in [-0.39, 0.29) is 33.7 Å². The van der Waals surface area contributed by atoms with Crippen LogP contribution in [-0.2, 0) is 4.79 Å². The summed E-state index contributed by atoms with van der Waals surface area (Å²) < 4.78 is 0. The average molecular weight is 485 g/mol. The van der Waals surface area contributed by atoms with Crippen molar-refractivity contribution in [2.75, 3.05) is 0 Å². The molecule has 8 atom stereocenters. The van der Waals surface area contributed by atoms with Crippen molar-refractivity contribution in [2.45, 2.75) is 106 Å². The molecule has 4 heteroatoms. The average Bonchev–Trinajstić information content (AvgIpc) is 2.97. The number of carbonyl (C=O) groups is 1. The normalized spacial score (nSPS) is 42.9. The third-order valence-electron chi connectivity index (χ3n) is 11.6. The molecule has 2 saturated carbocycles. The standard InChI is InChI=1S/C31H48O4/c1-18(2)19(3)9-10-20(27(34)35)26-23(32)17-31(8)22-11-12-24-28(4,5)25(33)14-15-29(24,6)21(22)13-16-30(26,31)7/h11,13,18,20,23-26,32-33H,3,9-10,12,14-17H2,1-2,4-8H3,(H,34,35)/t20-,23-,24?,25+,26+,29-,30-,31+/m1/s1. The lowest BCUT2D eigenvalue weighted by Crippen LogP contribution is -2.54. The molecule has 0 aliphatic heterocycles. The van der Waals surface area contributed by atoms with Gasteiger partial charge in [-0.3, -0.25) is 4.79 Å². The Bertz CT molecular complexity index is 957. The molecule has 196 valence electrons. The number of allylic oxidation sites excluding steroid dienone is 5. The highest BCUT2D eigenvalue weighted by Gasteiger charge is 2.66. The molecule has 2 fully saturated rings. The van der Waals surface area contributed by atoms with Gasteiger partial charge in [-0.2, -0.15) is 0 Å². The Morgan fingerprint density at radius 1 is 1.11 bits per heavy atom. The third-order valence-corrected chi connectivity index (χ3v) is 11.6. The molecule has 0 bridgehead atoms. The number of aliphatic carboxylic acids is 1. The molecule has 0 aromatic heterocycles. The molecular weight excluding hydrogens is 436 g/mol. The predicted octanol–water partition coefficient (Wildman–Crippen LogP) is 6.54. The molecule has 0 amide bonds. The second-order valence-electron chi connectivity index (χ2n) is 13.9. The van der Waals surface area contributed by atoms with E-state index in [2.05, 4.69) is 67.2 Å². The molecule has 4 rings (SSSR count). The second-order valence-corrected chi connectivity index (χ2v) is 13.9. The predicted molar refractivity (Wildman–Crippen MR) is 141 cm³/mol. The first-order chi connectivity index (χ1) is 16.1. The lowest BCUT2D eigenvalue weighted by atomic mass is 9.44. The van der Waals surface area contributed by atoms with E-state index < -0.39 is 18.0 Å². The van der Waals surface area contributed by atoms with Gasteiger partial charge in [0, 0.05) is 11.3 Å². The van der Waals surface area contributed by atoms with Gasteiger partial charge in [0.05, 0.1) is 18.1 Å². The smallest absolute Gasteiger partial charge is 0.306 e. The Morgan fingerprint density at radius 3 is 2.37 bits per heavy atom. The molecule has 0 saturated heterocycles. The van der Waals surface area contributed by atoms with Crippen molar-refractivity contribution < 1.29 is 20.1 Å². The van der Waals surface area contributed by atoms with Gasteiger partial charge in [0.15, 0.2) is 0 Å². The highest BCUT2D eigenvalue weighted by molar-refractivity contribution is 5.71.